The standard InChI is InChI=1S/C18H15F3N2OS2/c1-11-15(26-16(22-11)13-7-8-25-10-13)17(24)23(2)9-12-3-5-14(6-4-12)18(19,20)21/h3-8,10H,9H2,1-2H3. The molecule has 0 atom stereocenters. The number of carbonyl (C=O) groups excluding carboxylic acids is 1. The van der Waals surface area contributed by atoms with Crippen molar-refractivity contribution in [3.8, 4) is 10.6 Å². The van der Waals surface area contributed by atoms with E-state index in [0.717, 1.165) is 22.7 Å². The predicted molar refractivity (Wildman–Crippen MR) is 97.4 cm³/mol. The molecule has 3 nitrogen and oxygen atoms in total. The third-order valence-electron chi connectivity index (χ3n) is 3.81. The number of rotatable bonds is 4. The van der Waals surface area contributed by atoms with Gasteiger partial charge in [-0.15, -0.1) is 11.3 Å². The molecule has 3 aromatic rings. The smallest absolute Gasteiger partial charge is 0.337 e. The summed E-state index contributed by atoms with van der Waals surface area (Å²) in [6.07, 6.45) is -4.36. The van der Waals surface area contributed by atoms with Crippen LogP contribution >= 0.6 is 22.7 Å². The van der Waals surface area contributed by atoms with Crippen molar-refractivity contribution in [2.24, 2.45) is 0 Å². The van der Waals surface area contributed by atoms with E-state index in [4.69, 9.17) is 0 Å². The van der Waals surface area contributed by atoms with E-state index in [9.17, 15) is 18.0 Å². The first-order chi connectivity index (χ1) is 12.3. The van der Waals surface area contributed by atoms with Gasteiger partial charge in [-0.2, -0.15) is 24.5 Å². The van der Waals surface area contributed by atoms with Crippen LogP contribution in [0.15, 0.2) is 41.1 Å². The van der Waals surface area contributed by atoms with Gasteiger partial charge < -0.3 is 4.90 Å². The second kappa shape index (κ2) is 7.20. The molecule has 0 bridgehead atoms. The zero-order valence-corrected chi connectivity index (χ0v) is 15.6. The second-order valence-corrected chi connectivity index (χ2v) is 7.58. The van der Waals surface area contributed by atoms with Gasteiger partial charge in [0.25, 0.3) is 5.91 Å². The number of amides is 1. The number of hydrogen-bond donors (Lipinski definition) is 0. The fraction of sp³-hybridized carbons (Fsp3) is 0.222. The summed E-state index contributed by atoms with van der Waals surface area (Å²) >= 11 is 2.89. The van der Waals surface area contributed by atoms with Crippen LogP contribution in [0, 0.1) is 6.92 Å². The maximum absolute atomic E-state index is 12.7. The molecular weight excluding hydrogens is 381 g/mol. The number of benzene rings is 1. The monoisotopic (exact) mass is 396 g/mol. The van der Waals surface area contributed by atoms with Crippen LogP contribution in [0.4, 0.5) is 13.2 Å². The van der Waals surface area contributed by atoms with E-state index in [1.165, 1.54) is 28.4 Å². The number of thiophene rings is 1. The molecule has 0 N–H and O–H groups in total. The molecule has 0 aliphatic carbocycles. The average molecular weight is 396 g/mol. The number of nitrogens with zero attached hydrogens (tertiary/aromatic N) is 2. The molecule has 0 unspecified atom stereocenters. The van der Waals surface area contributed by atoms with Gasteiger partial charge in [0.1, 0.15) is 9.88 Å². The van der Waals surface area contributed by atoms with Gasteiger partial charge in [-0.1, -0.05) is 12.1 Å². The summed E-state index contributed by atoms with van der Waals surface area (Å²) < 4.78 is 37.9. The van der Waals surface area contributed by atoms with Gasteiger partial charge in [0, 0.05) is 24.5 Å². The van der Waals surface area contributed by atoms with Crippen molar-refractivity contribution in [2.75, 3.05) is 7.05 Å². The van der Waals surface area contributed by atoms with Gasteiger partial charge in [0.15, 0.2) is 0 Å². The van der Waals surface area contributed by atoms with Crippen LogP contribution < -0.4 is 0 Å². The molecule has 3 rings (SSSR count). The minimum Gasteiger partial charge on any atom is -0.337 e. The third-order valence-corrected chi connectivity index (χ3v) is 5.68. The Labute approximate surface area is 156 Å². The first kappa shape index (κ1) is 18.6. The number of aryl methyl sites for hydroxylation is 1. The van der Waals surface area contributed by atoms with E-state index < -0.39 is 11.7 Å². The Morgan fingerprint density at radius 2 is 1.88 bits per heavy atom. The van der Waals surface area contributed by atoms with Crippen molar-refractivity contribution in [1.29, 1.82) is 0 Å². The number of halogens is 3. The first-order valence-electron chi connectivity index (χ1n) is 7.67. The van der Waals surface area contributed by atoms with Crippen molar-refractivity contribution in [3.63, 3.8) is 0 Å². The van der Waals surface area contributed by atoms with E-state index in [1.54, 1.807) is 25.3 Å². The zero-order valence-electron chi connectivity index (χ0n) is 14.0. The molecule has 0 aliphatic heterocycles. The number of carbonyl (C=O) groups is 1. The summed E-state index contributed by atoms with van der Waals surface area (Å²) in [6, 6.07) is 6.79. The summed E-state index contributed by atoms with van der Waals surface area (Å²) in [5.41, 5.74) is 1.57. The van der Waals surface area contributed by atoms with Gasteiger partial charge in [-0.25, -0.2) is 4.98 Å². The fourth-order valence-corrected chi connectivity index (χ4v) is 4.20. The second-order valence-electron chi connectivity index (χ2n) is 5.80. The van der Waals surface area contributed by atoms with Crippen molar-refractivity contribution in [1.82, 2.24) is 9.88 Å². The SMILES string of the molecule is Cc1nc(-c2ccsc2)sc1C(=O)N(C)Cc1ccc(C(F)(F)F)cc1. The van der Waals surface area contributed by atoms with Crippen LogP contribution in [0.1, 0.15) is 26.5 Å². The number of hydrogen-bond acceptors (Lipinski definition) is 4. The Bertz CT molecular complexity index is 900. The molecule has 2 aromatic heterocycles. The van der Waals surface area contributed by atoms with Crippen LogP contribution in [-0.2, 0) is 12.7 Å². The Hall–Kier alpha value is -2.19. The molecule has 0 aliphatic rings. The maximum Gasteiger partial charge on any atom is 0.416 e. The topological polar surface area (TPSA) is 33.2 Å². The highest BCUT2D eigenvalue weighted by Gasteiger charge is 2.30. The van der Waals surface area contributed by atoms with Gasteiger partial charge >= 0.3 is 6.18 Å². The molecule has 0 saturated carbocycles. The Kier molecular flexibility index (Phi) is 5.15. The third kappa shape index (κ3) is 3.96. The number of thiazole rings is 1. The highest BCUT2D eigenvalue weighted by molar-refractivity contribution is 7.17. The minimum atomic E-state index is -4.36. The fourth-order valence-electron chi connectivity index (χ4n) is 2.42. The van der Waals surface area contributed by atoms with Gasteiger partial charge in [0.2, 0.25) is 0 Å². The molecule has 0 spiro atoms. The molecule has 26 heavy (non-hydrogen) atoms. The highest BCUT2D eigenvalue weighted by atomic mass is 32.1. The first-order valence-corrected chi connectivity index (χ1v) is 9.43. The van der Waals surface area contributed by atoms with Gasteiger partial charge in [-0.05, 0) is 36.1 Å². The Balaban J connectivity index is 1.74. The summed E-state index contributed by atoms with van der Waals surface area (Å²) in [6.45, 7) is 2.01. The summed E-state index contributed by atoms with van der Waals surface area (Å²) in [5, 5.41) is 4.71. The molecule has 136 valence electrons. The Morgan fingerprint density at radius 3 is 2.46 bits per heavy atom. The predicted octanol–water partition coefficient (Wildman–Crippen LogP) is 5.47. The summed E-state index contributed by atoms with van der Waals surface area (Å²) in [5.74, 6) is -0.193. The van der Waals surface area contributed by atoms with Crippen LogP contribution in [0.25, 0.3) is 10.6 Å². The quantitative estimate of drug-likeness (QED) is 0.586. The van der Waals surface area contributed by atoms with E-state index in [2.05, 4.69) is 4.98 Å². The van der Waals surface area contributed by atoms with Crippen LogP contribution in [0.3, 0.4) is 0 Å². The number of aromatic nitrogens is 1. The lowest BCUT2D eigenvalue weighted by Crippen LogP contribution is -2.26. The summed E-state index contributed by atoms with van der Waals surface area (Å²) in [7, 11) is 1.63. The van der Waals surface area contributed by atoms with Gasteiger partial charge in [0.05, 0.1) is 11.3 Å². The summed E-state index contributed by atoms with van der Waals surface area (Å²) in [4.78, 5) is 19.2. The molecule has 2 heterocycles. The highest BCUT2D eigenvalue weighted by Crippen LogP contribution is 2.31. The minimum absolute atomic E-state index is 0.193. The maximum atomic E-state index is 12.7. The largest absolute Gasteiger partial charge is 0.416 e. The lowest BCUT2D eigenvalue weighted by molar-refractivity contribution is -0.137. The molecule has 0 fully saturated rings. The van der Waals surface area contributed by atoms with Crippen molar-refractivity contribution in [3.05, 3.63) is 62.8 Å². The zero-order chi connectivity index (χ0) is 18.9. The van der Waals surface area contributed by atoms with E-state index in [1.807, 2.05) is 16.8 Å². The molecule has 0 saturated heterocycles. The lowest BCUT2D eigenvalue weighted by Gasteiger charge is -2.17. The van der Waals surface area contributed by atoms with E-state index >= 15 is 0 Å². The average Bonchev–Trinajstić information content (AvgIpc) is 3.23. The van der Waals surface area contributed by atoms with Crippen LogP contribution in [-0.4, -0.2) is 22.8 Å². The van der Waals surface area contributed by atoms with Crippen molar-refractivity contribution >= 4 is 28.6 Å². The Morgan fingerprint density at radius 1 is 1.19 bits per heavy atom. The molecule has 1 amide bonds. The molecular formula is C18H15F3N2OS2. The van der Waals surface area contributed by atoms with Crippen molar-refractivity contribution < 1.29 is 18.0 Å². The van der Waals surface area contributed by atoms with E-state index in [-0.39, 0.29) is 12.5 Å². The van der Waals surface area contributed by atoms with Crippen LogP contribution in [0.2, 0.25) is 0 Å². The van der Waals surface area contributed by atoms with Gasteiger partial charge in [-0.3, -0.25) is 4.79 Å². The molecule has 0 radical (unpaired) electrons. The molecule has 8 heteroatoms. The van der Waals surface area contributed by atoms with Crippen LogP contribution in [0.5, 0.6) is 0 Å². The number of alkyl halides is 3. The van der Waals surface area contributed by atoms with E-state index in [0.29, 0.717) is 16.1 Å². The lowest BCUT2D eigenvalue weighted by atomic mass is 10.1. The molecule has 1 aromatic carbocycles. The normalized spacial score (nSPS) is 11.6. The van der Waals surface area contributed by atoms with Crippen molar-refractivity contribution in [2.45, 2.75) is 19.6 Å².